The van der Waals surface area contributed by atoms with Crippen molar-refractivity contribution in [3.8, 4) is 0 Å². The molecule has 0 bridgehead atoms. The Bertz CT molecular complexity index is 850. The molecule has 0 aliphatic rings. The van der Waals surface area contributed by atoms with Crippen LogP contribution in [0.25, 0.3) is 0 Å². The van der Waals surface area contributed by atoms with Crippen molar-refractivity contribution in [2.24, 2.45) is 0 Å². The Morgan fingerprint density at radius 2 is 1.48 bits per heavy atom. The van der Waals surface area contributed by atoms with Crippen molar-refractivity contribution in [2.45, 2.75) is 50.7 Å². The standard InChI is InChI=1S/C20H27N3O3S/c1-14(2)23-27(25,26)19-12-10-18(11-13-19)22-20(24)16(4)21-15(3)17-8-6-5-7-9-17/h5-16,21,23H,1-4H3,(H,22,24)/t15-,16+/m1/s1. The summed E-state index contributed by atoms with van der Waals surface area (Å²) in [5.74, 6) is -0.186. The van der Waals surface area contributed by atoms with E-state index in [1.54, 1.807) is 32.9 Å². The van der Waals surface area contributed by atoms with Crippen LogP contribution in [-0.4, -0.2) is 26.4 Å². The number of rotatable bonds is 8. The van der Waals surface area contributed by atoms with Gasteiger partial charge in [-0.2, -0.15) is 0 Å². The van der Waals surface area contributed by atoms with Crippen molar-refractivity contribution in [1.29, 1.82) is 0 Å². The number of amides is 1. The predicted molar refractivity (Wildman–Crippen MR) is 108 cm³/mol. The van der Waals surface area contributed by atoms with E-state index in [2.05, 4.69) is 15.4 Å². The van der Waals surface area contributed by atoms with Gasteiger partial charge in [0.25, 0.3) is 0 Å². The Hall–Kier alpha value is -2.22. The average Bonchev–Trinajstić information content (AvgIpc) is 2.61. The molecule has 7 heteroatoms. The summed E-state index contributed by atoms with van der Waals surface area (Å²) in [5, 5.41) is 6.06. The normalized spacial score (nSPS) is 14.0. The fourth-order valence-electron chi connectivity index (χ4n) is 2.63. The lowest BCUT2D eigenvalue weighted by molar-refractivity contribution is -0.117. The Morgan fingerprint density at radius 3 is 2.04 bits per heavy atom. The number of carbonyl (C=O) groups is 1. The van der Waals surface area contributed by atoms with E-state index in [-0.39, 0.29) is 22.9 Å². The lowest BCUT2D eigenvalue weighted by Gasteiger charge is -2.20. The van der Waals surface area contributed by atoms with Gasteiger partial charge in [-0.1, -0.05) is 30.3 Å². The van der Waals surface area contributed by atoms with Gasteiger partial charge in [0.2, 0.25) is 15.9 Å². The Kier molecular flexibility index (Phi) is 7.12. The number of nitrogens with one attached hydrogen (secondary N) is 3. The van der Waals surface area contributed by atoms with Crippen molar-refractivity contribution in [2.75, 3.05) is 5.32 Å². The van der Waals surface area contributed by atoms with Crippen molar-refractivity contribution in [1.82, 2.24) is 10.0 Å². The Balaban J connectivity index is 1.97. The second-order valence-corrected chi connectivity index (χ2v) is 8.52. The van der Waals surface area contributed by atoms with Gasteiger partial charge in [0, 0.05) is 17.8 Å². The average molecular weight is 390 g/mol. The fraction of sp³-hybridized carbons (Fsp3) is 0.350. The van der Waals surface area contributed by atoms with Crippen LogP contribution in [0.3, 0.4) is 0 Å². The molecule has 2 atom stereocenters. The van der Waals surface area contributed by atoms with E-state index in [1.807, 2.05) is 37.3 Å². The molecule has 2 aromatic carbocycles. The maximum absolute atomic E-state index is 12.4. The molecule has 0 saturated heterocycles. The van der Waals surface area contributed by atoms with E-state index in [1.165, 1.54) is 12.1 Å². The lowest BCUT2D eigenvalue weighted by Crippen LogP contribution is -2.39. The molecule has 0 heterocycles. The van der Waals surface area contributed by atoms with Crippen LogP contribution in [-0.2, 0) is 14.8 Å². The van der Waals surface area contributed by atoms with Crippen LogP contribution < -0.4 is 15.4 Å². The van der Waals surface area contributed by atoms with Crippen LogP contribution >= 0.6 is 0 Å². The molecule has 0 aliphatic carbocycles. The maximum Gasteiger partial charge on any atom is 0.241 e. The second-order valence-electron chi connectivity index (χ2n) is 6.81. The first kappa shape index (κ1) is 21.1. The molecule has 6 nitrogen and oxygen atoms in total. The number of anilines is 1. The van der Waals surface area contributed by atoms with Gasteiger partial charge in [-0.05, 0) is 57.5 Å². The van der Waals surface area contributed by atoms with Gasteiger partial charge in [0.1, 0.15) is 0 Å². The summed E-state index contributed by atoms with van der Waals surface area (Å²) in [6, 6.07) is 15.4. The van der Waals surface area contributed by atoms with E-state index in [0.29, 0.717) is 5.69 Å². The molecule has 0 aliphatic heterocycles. The third-order valence-corrected chi connectivity index (χ3v) is 5.69. The minimum absolute atomic E-state index is 0.0292. The smallest absolute Gasteiger partial charge is 0.241 e. The summed E-state index contributed by atoms with van der Waals surface area (Å²) in [6.45, 7) is 7.31. The number of benzene rings is 2. The van der Waals surface area contributed by atoms with Gasteiger partial charge in [-0.15, -0.1) is 0 Å². The molecule has 0 saturated carbocycles. The van der Waals surface area contributed by atoms with E-state index in [4.69, 9.17) is 0 Å². The first-order chi connectivity index (χ1) is 12.7. The van der Waals surface area contributed by atoms with Crippen LogP contribution in [0.2, 0.25) is 0 Å². The van der Waals surface area contributed by atoms with Crippen LogP contribution in [0.1, 0.15) is 39.3 Å². The van der Waals surface area contributed by atoms with Gasteiger partial charge in [0.15, 0.2) is 0 Å². The summed E-state index contributed by atoms with van der Waals surface area (Å²) in [7, 11) is -3.54. The van der Waals surface area contributed by atoms with Crippen LogP contribution in [0.4, 0.5) is 5.69 Å². The molecule has 2 aromatic rings. The van der Waals surface area contributed by atoms with Crippen LogP contribution in [0.15, 0.2) is 59.5 Å². The number of hydrogen-bond donors (Lipinski definition) is 3. The zero-order valence-electron chi connectivity index (χ0n) is 16.1. The number of sulfonamides is 1. The third-order valence-electron chi connectivity index (χ3n) is 4.02. The summed E-state index contributed by atoms with van der Waals surface area (Å²) in [4.78, 5) is 12.6. The Labute approximate surface area is 161 Å². The van der Waals surface area contributed by atoms with Gasteiger partial charge in [-0.25, -0.2) is 13.1 Å². The summed E-state index contributed by atoms with van der Waals surface area (Å²) in [5.41, 5.74) is 1.65. The van der Waals surface area contributed by atoms with Gasteiger partial charge in [0.05, 0.1) is 10.9 Å². The van der Waals surface area contributed by atoms with Crippen molar-refractivity contribution < 1.29 is 13.2 Å². The maximum atomic E-state index is 12.4. The van der Waals surface area contributed by atoms with Crippen LogP contribution in [0.5, 0.6) is 0 Å². The molecular formula is C20H27N3O3S. The zero-order valence-corrected chi connectivity index (χ0v) is 16.9. The molecule has 0 unspecified atom stereocenters. The lowest BCUT2D eigenvalue weighted by atomic mass is 10.1. The molecule has 0 spiro atoms. The van der Waals surface area contributed by atoms with E-state index in [0.717, 1.165) is 5.56 Å². The molecule has 146 valence electrons. The molecule has 0 radical (unpaired) electrons. The van der Waals surface area contributed by atoms with Crippen molar-refractivity contribution in [3.63, 3.8) is 0 Å². The molecule has 0 fully saturated rings. The molecule has 1 amide bonds. The molecular weight excluding hydrogens is 362 g/mol. The molecule has 2 rings (SSSR count). The van der Waals surface area contributed by atoms with Crippen molar-refractivity contribution >= 4 is 21.6 Å². The zero-order chi connectivity index (χ0) is 20.0. The highest BCUT2D eigenvalue weighted by atomic mass is 32.2. The van der Waals surface area contributed by atoms with Crippen LogP contribution in [0, 0.1) is 0 Å². The highest BCUT2D eigenvalue weighted by Crippen LogP contribution is 2.16. The third kappa shape index (κ3) is 6.16. The highest BCUT2D eigenvalue weighted by Gasteiger charge is 2.18. The minimum Gasteiger partial charge on any atom is -0.325 e. The van der Waals surface area contributed by atoms with E-state index < -0.39 is 16.1 Å². The molecule has 0 aromatic heterocycles. The summed E-state index contributed by atoms with van der Waals surface area (Å²) >= 11 is 0. The SMILES string of the molecule is CC(C)NS(=O)(=O)c1ccc(NC(=O)[C@H](C)N[C@H](C)c2ccccc2)cc1. The van der Waals surface area contributed by atoms with E-state index >= 15 is 0 Å². The van der Waals surface area contributed by atoms with Gasteiger partial charge < -0.3 is 5.32 Å². The predicted octanol–water partition coefficient (Wildman–Crippen LogP) is 3.05. The number of carbonyl (C=O) groups excluding carboxylic acids is 1. The van der Waals surface area contributed by atoms with Gasteiger partial charge >= 0.3 is 0 Å². The molecule has 3 N–H and O–H groups in total. The fourth-order valence-corrected chi connectivity index (χ4v) is 3.89. The summed E-state index contributed by atoms with van der Waals surface area (Å²) < 4.78 is 26.8. The quantitative estimate of drug-likeness (QED) is 0.648. The topological polar surface area (TPSA) is 87.3 Å². The first-order valence-corrected chi connectivity index (χ1v) is 10.4. The Morgan fingerprint density at radius 1 is 0.889 bits per heavy atom. The van der Waals surface area contributed by atoms with Crippen molar-refractivity contribution in [3.05, 3.63) is 60.2 Å². The van der Waals surface area contributed by atoms with Gasteiger partial charge in [-0.3, -0.25) is 10.1 Å². The first-order valence-electron chi connectivity index (χ1n) is 8.93. The second kappa shape index (κ2) is 9.12. The largest absolute Gasteiger partial charge is 0.325 e. The minimum atomic E-state index is -3.54. The molecule has 27 heavy (non-hydrogen) atoms. The monoisotopic (exact) mass is 389 g/mol. The highest BCUT2D eigenvalue weighted by molar-refractivity contribution is 7.89. The van der Waals surface area contributed by atoms with E-state index in [9.17, 15) is 13.2 Å². The summed E-state index contributed by atoms with van der Waals surface area (Å²) in [6.07, 6.45) is 0. The number of hydrogen-bond acceptors (Lipinski definition) is 4.